The Balaban J connectivity index is 2.18. The molecule has 0 radical (unpaired) electrons. The van der Waals surface area contributed by atoms with E-state index in [4.69, 9.17) is 0 Å². The van der Waals surface area contributed by atoms with E-state index in [0.29, 0.717) is 48.2 Å². The zero-order chi connectivity index (χ0) is 16.5. The van der Waals surface area contributed by atoms with E-state index in [2.05, 4.69) is 26.8 Å². The third-order valence-corrected chi connectivity index (χ3v) is 5.67. The number of allylic oxidation sites excluding steroid dienone is 4. The second kappa shape index (κ2) is 6.52. The van der Waals surface area contributed by atoms with Crippen molar-refractivity contribution in [3.63, 3.8) is 0 Å². The number of Topliss-reactive ketones (excluding diaryl/α,β-unsaturated/α-hetero) is 2. The van der Waals surface area contributed by atoms with E-state index >= 15 is 0 Å². The van der Waals surface area contributed by atoms with Gasteiger partial charge in [0.25, 0.3) is 0 Å². The van der Waals surface area contributed by atoms with Gasteiger partial charge in [0.2, 0.25) is 0 Å². The van der Waals surface area contributed by atoms with Crippen LogP contribution in [-0.4, -0.2) is 11.6 Å². The minimum absolute atomic E-state index is 0.193. The number of rotatable bonds is 0. The van der Waals surface area contributed by atoms with Gasteiger partial charge in [0.15, 0.2) is 5.78 Å². The van der Waals surface area contributed by atoms with E-state index in [1.54, 1.807) is 0 Å². The molecule has 0 aromatic carbocycles. The molecule has 2 aliphatic rings. The van der Waals surface area contributed by atoms with Crippen molar-refractivity contribution in [3.8, 4) is 0 Å². The van der Waals surface area contributed by atoms with E-state index in [-0.39, 0.29) is 5.78 Å². The summed E-state index contributed by atoms with van der Waals surface area (Å²) in [4.78, 5) is 24.3. The number of hydrogen-bond acceptors (Lipinski definition) is 2. The van der Waals surface area contributed by atoms with Gasteiger partial charge < -0.3 is 0 Å². The van der Waals surface area contributed by atoms with Crippen LogP contribution in [0.1, 0.15) is 66.7 Å². The maximum atomic E-state index is 12.2. The zero-order valence-electron chi connectivity index (χ0n) is 14.7. The summed E-state index contributed by atoms with van der Waals surface area (Å²) in [6.07, 6.45) is 8.01. The van der Waals surface area contributed by atoms with Gasteiger partial charge in [0, 0.05) is 19.3 Å². The fourth-order valence-electron chi connectivity index (χ4n) is 3.87. The van der Waals surface area contributed by atoms with Crippen LogP contribution in [0.15, 0.2) is 23.3 Å². The van der Waals surface area contributed by atoms with Crippen LogP contribution in [0.4, 0.5) is 0 Å². The normalized spacial score (nSPS) is 38.1. The van der Waals surface area contributed by atoms with Crippen LogP contribution in [0.2, 0.25) is 0 Å². The molecule has 0 bridgehead atoms. The van der Waals surface area contributed by atoms with Gasteiger partial charge in [-0.25, -0.2) is 0 Å². The quantitative estimate of drug-likeness (QED) is 0.597. The van der Waals surface area contributed by atoms with Crippen molar-refractivity contribution < 1.29 is 9.59 Å². The highest BCUT2D eigenvalue weighted by Gasteiger charge is 2.55. The minimum Gasteiger partial charge on any atom is -0.299 e. The SMILES string of the molecule is C/C1=C\CC(=O)/C(C)=C/[C@@H]2[C@@H](CCC(C)CC(=O)C1)C2(C)C. The summed E-state index contributed by atoms with van der Waals surface area (Å²) in [6, 6.07) is 0. The molecule has 122 valence electrons. The largest absolute Gasteiger partial charge is 0.299 e. The Hall–Kier alpha value is -1.18. The summed E-state index contributed by atoms with van der Waals surface area (Å²) in [7, 11) is 0. The molecule has 2 aliphatic carbocycles. The van der Waals surface area contributed by atoms with Crippen LogP contribution in [0.25, 0.3) is 0 Å². The molecule has 2 rings (SSSR count). The van der Waals surface area contributed by atoms with E-state index in [9.17, 15) is 9.59 Å². The van der Waals surface area contributed by atoms with E-state index < -0.39 is 0 Å². The van der Waals surface area contributed by atoms with Crippen LogP contribution < -0.4 is 0 Å². The Bertz CT molecular complexity index is 522. The first kappa shape index (κ1) is 17.2. The van der Waals surface area contributed by atoms with E-state index in [1.165, 1.54) is 6.42 Å². The van der Waals surface area contributed by atoms with Gasteiger partial charge in [-0.15, -0.1) is 0 Å². The lowest BCUT2D eigenvalue weighted by molar-refractivity contribution is -0.119. The highest BCUT2D eigenvalue weighted by atomic mass is 16.1. The Labute approximate surface area is 135 Å². The summed E-state index contributed by atoms with van der Waals surface area (Å²) in [5.41, 5.74) is 2.22. The lowest BCUT2D eigenvalue weighted by atomic mass is 9.93. The third kappa shape index (κ3) is 3.97. The average Bonchev–Trinajstić information content (AvgIpc) is 2.92. The first-order valence-corrected chi connectivity index (χ1v) is 8.60. The van der Waals surface area contributed by atoms with E-state index in [1.807, 2.05) is 19.9 Å². The summed E-state index contributed by atoms with van der Waals surface area (Å²) < 4.78 is 0. The summed E-state index contributed by atoms with van der Waals surface area (Å²) >= 11 is 0. The molecule has 2 nitrogen and oxygen atoms in total. The van der Waals surface area contributed by atoms with Gasteiger partial charge in [0.05, 0.1) is 0 Å². The van der Waals surface area contributed by atoms with Gasteiger partial charge in [-0.1, -0.05) is 38.5 Å². The van der Waals surface area contributed by atoms with Crippen molar-refractivity contribution in [1.82, 2.24) is 0 Å². The maximum absolute atomic E-state index is 12.2. The molecule has 0 spiro atoms. The van der Waals surface area contributed by atoms with Gasteiger partial charge >= 0.3 is 0 Å². The molecule has 0 aromatic heterocycles. The van der Waals surface area contributed by atoms with Gasteiger partial charge in [-0.2, -0.15) is 0 Å². The highest BCUT2D eigenvalue weighted by molar-refractivity contribution is 5.96. The van der Waals surface area contributed by atoms with Crippen molar-refractivity contribution in [2.75, 3.05) is 0 Å². The zero-order valence-corrected chi connectivity index (χ0v) is 14.7. The minimum atomic E-state index is 0.193. The van der Waals surface area contributed by atoms with Crippen molar-refractivity contribution in [1.29, 1.82) is 0 Å². The van der Waals surface area contributed by atoms with Crippen LogP contribution in [0.3, 0.4) is 0 Å². The molecule has 3 atom stereocenters. The van der Waals surface area contributed by atoms with Crippen LogP contribution >= 0.6 is 0 Å². The molecule has 0 heterocycles. The van der Waals surface area contributed by atoms with Crippen molar-refractivity contribution in [2.45, 2.75) is 66.7 Å². The Morgan fingerprint density at radius 2 is 1.82 bits per heavy atom. The standard InChI is InChI=1S/C20H30O2/c1-13-6-8-17-18(20(17,4)5)12-15(3)19(22)9-7-14(2)11-16(21)10-13/h7,12-13,17-18H,6,8-11H2,1-5H3/b14-7+,15-12+/t13?,17-,18-/m1/s1. The molecule has 0 aliphatic heterocycles. The third-order valence-electron chi connectivity index (χ3n) is 5.67. The monoisotopic (exact) mass is 302 g/mol. The van der Waals surface area contributed by atoms with Crippen molar-refractivity contribution >= 4 is 11.6 Å². The van der Waals surface area contributed by atoms with Crippen molar-refractivity contribution in [3.05, 3.63) is 23.3 Å². The molecule has 1 unspecified atom stereocenters. The fourth-order valence-corrected chi connectivity index (χ4v) is 3.87. The average molecular weight is 302 g/mol. The second-order valence-electron chi connectivity index (χ2n) is 8.08. The lowest BCUT2D eigenvalue weighted by Gasteiger charge is -2.11. The van der Waals surface area contributed by atoms with Crippen LogP contribution in [-0.2, 0) is 9.59 Å². The smallest absolute Gasteiger partial charge is 0.162 e. The van der Waals surface area contributed by atoms with Crippen LogP contribution in [0.5, 0.6) is 0 Å². The van der Waals surface area contributed by atoms with Gasteiger partial charge in [-0.3, -0.25) is 9.59 Å². The summed E-state index contributed by atoms with van der Waals surface area (Å²) in [6.45, 7) is 10.7. The molecule has 1 saturated carbocycles. The predicted octanol–water partition coefficient (Wildman–Crippen LogP) is 4.89. The van der Waals surface area contributed by atoms with Crippen LogP contribution in [0, 0.1) is 23.2 Å². The Kier molecular flexibility index (Phi) is 5.09. The Morgan fingerprint density at radius 3 is 2.50 bits per heavy atom. The van der Waals surface area contributed by atoms with Gasteiger partial charge in [0.1, 0.15) is 5.78 Å². The topological polar surface area (TPSA) is 34.1 Å². The summed E-state index contributed by atoms with van der Waals surface area (Å²) in [5, 5.41) is 0. The van der Waals surface area contributed by atoms with Gasteiger partial charge in [-0.05, 0) is 55.4 Å². The number of ketones is 2. The molecule has 2 heteroatoms. The fraction of sp³-hybridized carbons (Fsp3) is 0.700. The first-order chi connectivity index (χ1) is 10.2. The maximum Gasteiger partial charge on any atom is 0.162 e. The molecule has 0 saturated heterocycles. The molecule has 0 amide bonds. The van der Waals surface area contributed by atoms with Crippen molar-refractivity contribution in [2.24, 2.45) is 23.2 Å². The lowest BCUT2D eigenvalue weighted by Crippen LogP contribution is -2.07. The predicted molar refractivity (Wildman–Crippen MR) is 90.5 cm³/mol. The molecule has 0 aromatic rings. The van der Waals surface area contributed by atoms with E-state index in [0.717, 1.165) is 17.6 Å². The summed E-state index contributed by atoms with van der Waals surface area (Å²) in [5.74, 6) is 2.15. The molecule has 0 N–H and O–H groups in total. The molecule has 22 heavy (non-hydrogen) atoms. The number of carbonyl (C=O) groups is 2. The second-order valence-corrected chi connectivity index (χ2v) is 8.08. The highest BCUT2D eigenvalue weighted by Crippen LogP contribution is 2.61. The number of fused-ring (bicyclic) bond motifs is 1. The Morgan fingerprint density at radius 1 is 1.14 bits per heavy atom. The molecule has 1 fully saturated rings. The molecular formula is C20H30O2. The first-order valence-electron chi connectivity index (χ1n) is 8.60. The number of carbonyl (C=O) groups excluding carboxylic acids is 2. The molecular weight excluding hydrogens is 272 g/mol. The number of hydrogen-bond donors (Lipinski definition) is 0.